The largest absolute Gasteiger partial charge is 0.381 e. The summed E-state index contributed by atoms with van der Waals surface area (Å²) in [6.07, 6.45) is 7.50. The van der Waals surface area contributed by atoms with Crippen LogP contribution in [0.4, 0.5) is 0 Å². The molecule has 1 unspecified atom stereocenters. The summed E-state index contributed by atoms with van der Waals surface area (Å²) in [6.45, 7) is 7.17. The third kappa shape index (κ3) is 3.30. The van der Waals surface area contributed by atoms with Crippen molar-refractivity contribution in [2.45, 2.75) is 45.2 Å². The SMILES string of the molecule is CCCNC(C)c1cnn(C2CCOCC2)c1. The third-order valence-electron chi connectivity index (χ3n) is 3.39. The van der Waals surface area contributed by atoms with Crippen LogP contribution in [0.15, 0.2) is 12.4 Å². The first-order valence-corrected chi connectivity index (χ1v) is 6.66. The molecule has 1 N–H and O–H groups in total. The first-order chi connectivity index (χ1) is 8.31. The van der Waals surface area contributed by atoms with Crippen LogP contribution in [0, 0.1) is 0 Å². The molecule has 96 valence electrons. The van der Waals surface area contributed by atoms with Gasteiger partial charge in [0.1, 0.15) is 0 Å². The van der Waals surface area contributed by atoms with E-state index in [2.05, 4.69) is 35.1 Å². The van der Waals surface area contributed by atoms with Crippen molar-refractivity contribution < 1.29 is 4.74 Å². The molecular formula is C13H23N3O. The molecule has 1 aliphatic heterocycles. The van der Waals surface area contributed by atoms with Crippen molar-refractivity contribution in [2.24, 2.45) is 0 Å². The Hall–Kier alpha value is -0.870. The molecule has 1 aromatic heterocycles. The van der Waals surface area contributed by atoms with Crippen LogP contribution in [0.2, 0.25) is 0 Å². The summed E-state index contributed by atoms with van der Waals surface area (Å²) < 4.78 is 7.49. The van der Waals surface area contributed by atoms with E-state index in [1.807, 2.05) is 6.20 Å². The smallest absolute Gasteiger partial charge is 0.0563 e. The van der Waals surface area contributed by atoms with Crippen LogP contribution in [0.25, 0.3) is 0 Å². The maximum absolute atomic E-state index is 5.38. The molecule has 2 heterocycles. The molecule has 0 amide bonds. The van der Waals surface area contributed by atoms with E-state index in [-0.39, 0.29) is 0 Å². The van der Waals surface area contributed by atoms with Gasteiger partial charge in [0.25, 0.3) is 0 Å². The molecule has 0 aromatic carbocycles. The van der Waals surface area contributed by atoms with E-state index in [0.29, 0.717) is 12.1 Å². The van der Waals surface area contributed by atoms with Gasteiger partial charge in [0.05, 0.1) is 12.2 Å². The molecule has 1 fully saturated rings. The van der Waals surface area contributed by atoms with Crippen molar-refractivity contribution in [3.05, 3.63) is 18.0 Å². The van der Waals surface area contributed by atoms with E-state index in [4.69, 9.17) is 4.74 Å². The Bertz CT molecular complexity index is 331. The molecule has 0 aliphatic carbocycles. The Labute approximate surface area is 103 Å². The van der Waals surface area contributed by atoms with Crippen LogP contribution in [0.1, 0.15) is 50.8 Å². The zero-order chi connectivity index (χ0) is 12.1. The lowest BCUT2D eigenvalue weighted by atomic mass is 10.1. The highest BCUT2D eigenvalue weighted by Gasteiger charge is 2.17. The van der Waals surface area contributed by atoms with Crippen LogP contribution in [0.5, 0.6) is 0 Å². The summed E-state index contributed by atoms with van der Waals surface area (Å²) in [7, 11) is 0. The molecule has 17 heavy (non-hydrogen) atoms. The molecule has 0 bridgehead atoms. The highest BCUT2D eigenvalue weighted by Crippen LogP contribution is 2.21. The Kier molecular flexibility index (Phi) is 4.57. The number of nitrogens with zero attached hydrogens (tertiary/aromatic N) is 2. The lowest BCUT2D eigenvalue weighted by Crippen LogP contribution is -2.20. The molecule has 4 nitrogen and oxygen atoms in total. The predicted molar refractivity (Wildman–Crippen MR) is 68.0 cm³/mol. The van der Waals surface area contributed by atoms with Crippen molar-refractivity contribution in [3.63, 3.8) is 0 Å². The van der Waals surface area contributed by atoms with E-state index < -0.39 is 0 Å². The average Bonchev–Trinajstić information content (AvgIpc) is 2.86. The first kappa shape index (κ1) is 12.6. The lowest BCUT2D eigenvalue weighted by Gasteiger charge is -2.22. The Morgan fingerprint density at radius 2 is 2.29 bits per heavy atom. The third-order valence-corrected chi connectivity index (χ3v) is 3.39. The molecule has 1 atom stereocenters. The maximum atomic E-state index is 5.38. The number of hydrogen-bond donors (Lipinski definition) is 1. The van der Waals surface area contributed by atoms with Crippen molar-refractivity contribution in [1.29, 1.82) is 0 Å². The van der Waals surface area contributed by atoms with Crippen LogP contribution in [0.3, 0.4) is 0 Å². The summed E-state index contributed by atoms with van der Waals surface area (Å²) in [4.78, 5) is 0. The van der Waals surface area contributed by atoms with E-state index in [9.17, 15) is 0 Å². The summed E-state index contributed by atoms with van der Waals surface area (Å²) in [5.41, 5.74) is 1.28. The quantitative estimate of drug-likeness (QED) is 0.854. The number of hydrogen-bond acceptors (Lipinski definition) is 3. The van der Waals surface area contributed by atoms with Gasteiger partial charge in [0.2, 0.25) is 0 Å². The van der Waals surface area contributed by atoms with Gasteiger partial charge in [-0.2, -0.15) is 5.10 Å². The van der Waals surface area contributed by atoms with Crippen molar-refractivity contribution in [1.82, 2.24) is 15.1 Å². The summed E-state index contributed by atoms with van der Waals surface area (Å²) in [6, 6.07) is 0.916. The van der Waals surface area contributed by atoms with Gasteiger partial charge in [0, 0.05) is 31.0 Å². The van der Waals surface area contributed by atoms with E-state index in [1.165, 1.54) is 12.0 Å². The Morgan fingerprint density at radius 3 is 3.00 bits per heavy atom. The second-order valence-electron chi connectivity index (χ2n) is 4.77. The second-order valence-corrected chi connectivity index (χ2v) is 4.77. The van der Waals surface area contributed by atoms with Crippen LogP contribution in [-0.2, 0) is 4.74 Å². The highest BCUT2D eigenvalue weighted by molar-refractivity contribution is 5.09. The molecule has 0 radical (unpaired) electrons. The van der Waals surface area contributed by atoms with Crippen LogP contribution in [-0.4, -0.2) is 29.5 Å². The number of aromatic nitrogens is 2. The van der Waals surface area contributed by atoms with Crippen molar-refractivity contribution >= 4 is 0 Å². The summed E-state index contributed by atoms with van der Waals surface area (Å²) in [5.74, 6) is 0. The molecule has 1 aromatic rings. The fourth-order valence-corrected chi connectivity index (χ4v) is 2.20. The molecule has 4 heteroatoms. The van der Waals surface area contributed by atoms with E-state index >= 15 is 0 Å². The van der Waals surface area contributed by atoms with Gasteiger partial charge in [-0.05, 0) is 32.7 Å². The van der Waals surface area contributed by atoms with E-state index in [0.717, 1.165) is 32.6 Å². The minimum Gasteiger partial charge on any atom is -0.381 e. The van der Waals surface area contributed by atoms with Gasteiger partial charge in [-0.15, -0.1) is 0 Å². The normalized spacial score (nSPS) is 19.4. The summed E-state index contributed by atoms with van der Waals surface area (Å²) >= 11 is 0. The molecule has 0 saturated carbocycles. The van der Waals surface area contributed by atoms with Crippen molar-refractivity contribution in [3.8, 4) is 0 Å². The fraction of sp³-hybridized carbons (Fsp3) is 0.769. The zero-order valence-electron chi connectivity index (χ0n) is 10.9. The first-order valence-electron chi connectivity index (χ1n) is 6.66. The van der Waals surface area contributed by atoms with Crippen LogP contribution >= 0.6 is 0 Å². The highest BCUT2D eigenvalue weighted by atomic mass is 16.5. The minimum absolute atomic E-state index is 0.392. The monoisotopic (exact) mass is 237 g/mol. The maximum Gasteiger partial charge on any atom is 0.0563 e. The Morgan fingerprint density at radius 1 is 1.53 bits per heavy atom. The number of rotatable bonds is 5. The average molecular weight is 237 g/mol. The molecule has 0 spiro atoms. The zero-order valence-corrected chi connectivity index (χ0v) is 10.9. The van der Waals surface area contributed by atoms with Gasteiger partial charge < -0.3 is 10.1 Å². The van der Waals surface area contributed by atoms with Crippen molar-refractivity contribution in [2.75, 3.05) is 19.8 Å². The Balaban J connectivity index is 1.94. The van der Waals surface area contributed by atoms with Crippen LogP contribution < -0.4 is 5.32 Å². The predicted octanol–water partition coefficient (Wildman–Crippen LogP) is 2.30. The lowest BCUT2D eigenvalue weighted by molar-refractivity contribution is 0.0662. The molecule has 2 rings (SSSR count). The van der Waals surface area contributed by atoms with E-state index in [1.54, 1.807) is 0 Å². The molecule has 1 saturated heterocycles. The van der Waals surface area contributed by atoms with Gasteiger partial charge in [-0.3, -0.25) is 4.68 Å². The minimum atomic E-state index is 0.392. The molecule has 1 aliphatic rings. The van der Waals surface area contributed by atoms with Gasteiger partial charge in [-0.1, -0.05) is 6.92 Å². The topological polar surface area (TPSA) is 39.1 Å². The molecular weight excluding hydrogens is 214 g/mol. The fourth-order valence-electron chi connectivity index (χ4n) is 2.20. The number of nitrogens with one attached hydrogen (secondary N) is 1. The summed E-state index contributed by atoms with van der Waals surface area (Å²) in [5, 5.41) is 7.98. The van der Waals surface area contributed by atoms with Gasteiger partial charge >= 0.3 is 0 Å². The van der Waals surface area contributed by atoms with Gasteiger partial charge in [0.15, 0.2) is 0 Å². The number of ether oxygens (including phenoxy) is 1. The second kappa shape index (κ2) is 6.17. The standard InChI is InChI=1S/C13H23N3O/c1-3-6-14-11(2)12-9-15-16(10-12)13-4-7-17-8-5-13/h9-11,13-14H,3-8H2,1-2H3. The van der Waals surface area contributed by atoms with Gasteiger partial charge in [-0.25, -0.2) is 0 Å².